The summed E-state index contributed by atoms with van der Waals surface area (Å²) in [5.74, 6) is -0.245. The van der Waals surface area contributed by atoms with Crippen molar-refractivity contribution in [3.8, 4) is 0 Å². The van der Waals surface area contributed by atoms with Gasteiger partial charge in [0.25, 0.3) is 0 Å². The van der Waals surface area contributed by atoms with Crippen LogP contribution in [0.3, 0.4) is 0 Å². The van der Waals surface area contributed by atoms with Gasteiger partial charge in [0.1, 0.15) is 5.82 Å². The summed E-state index contributed by atoms with van der Waals surface area (Å²) < 4.78 is 13.8. The number of carbonyl (C=O) groups is 2. The normalized spacial score (nSPS) is 14.7. The molecule has 0 aliphatic heterocycles. The van der Waals surface area contributed by atoms with Crippen LogP contribution >= 0.6 is 0 Å². The molecule has 1 aromatic carbocycles. The van der Waals surface area contributed by atoms with E-state index in [9.17, 15) is 14.0 Å². The second kappa shape index (κ2) is 7.24. The highest BCUT2D eigenvalue weighted by Crippen LogP contribution is 2.25. The summed E-state index contributed by atoms with van der Waals surface area (Å²) in [6, 6.07) is 3.75. The van der Waals surface area contributed by atoms with Crippen LogP contribution in [0, 0.1) is 11.7 Å². The lowest BCUT2D eigenvalue weighted by molar-refractivity contribution is -0.114. The molecule has 2 N–H and O–H groups in total. The Balaban J connectivity index is 1.98. The van der Waals surface area contributed by atoms with Crippen LogP contribution < -0.4 is 10.6 Å². The van der Waals surface area contributed by atoms with Crippen molar-refractivity contribution in [2.75, 3.05) is 24.2 Å². The first-order valence-corrected chi connectivity index (χ1v) is 7.55. The third-order valence-electron chi connectivity index (χ3n) is 3.88. The zero-order chi connectivity index (χ0) is 16.1. The second-order valence-corrected chi connectivity index (χ2v) is 5.84. The summed E-state index contributed by atoms with van der Waals surface area (Å²) in [5.41, 5.74) is 0.511. The first-order valence-electron chi connectivity index (χ1n) is 7.55. The molecule has 1 aromatic rings. The SMILES string of the molecule is CC(=O)Nc1ccc(F)c(NC(=O)N(C)CC2CCCC2)c1. The molecule has 5 nitrogen and oxygen atoms in total. The van der Waals surface area contributed by atoms with Gasteiger partial charge in [-0.05, 0) is 37.0 Å². The molecule has 0 spiro atoms. The molecule has 2 rings (SSSR count). The number of rotatable bonds is 4. The van der Waals surface area contributed by atoms with Gasteiger partial charge in [0.2, 0.25) is 5.91 Å². The Bertz CT molecular complexity index is 556. The van der Waals surface area contributed by atoms with Crippen LogP contribution in [0.15, 0.2) is 18.2 Å². The van der Waals surface area contributed by atoms with Crippen LogP contribution in [0.5, 0.6) is 0 Å². The number of nitrogens with one attached hydrogen (secondary N) is 2. The maximum Gasteiger partial charge on any atom is 0.321 e. The third-order valence-corrected chi connectivity index (χ3v) is 3.88. The van der Waals surface area contributed by atoms with E-state index in [1.807, 2.05) is 0 Å². The summed E-state index contributed by atoms with van der Waals surface area (Å²) in [6.45, 7) is 2.05. The summed E-state index contributed by atoms with van der Waals surface area (Å²) in [5, 5.41) is 5.12. The highest BCUT2D eigenvalue weighted by Gasteiger charge is 2.20. The first kappa shape index (κ1) is 16.3. The van der Waals surface area contributed by atoms with E-state index in [0.29, 0.717) is 18.2 Å². The topological polar surface area (TPSA) is 61.4 Å². The fourth-order valence-electron chi connectivity index (χ4n) is 2.78. The number of carbonyl (C=O) groups excluding carboxylic acids is 2. The van der Waals surface area contributed by atoms with Gasteiger partial charge < -0.3 is 15.5 Å². The van der Waals surface area contributed by atoms with Crippen molar-refractivity contribution >= 4 is 23.3 Å². The predicted molar refractivity (Wildman–Crippen MR) is 84.3 cm³/mol. The molecule has 0 atom stereocenters. The molecule has 0 unspecified atom stereocenters. The molecule has 0 saturated heterocycles. The largest absolute Gasteiger partial charge is 0.327 e. The molecule has 1 saturated carbocycles. The van der Waals surface area contributed by atoms with Crippen LogP contribution in [0.4, 0.5) is 20.6 Å². The van der Waals surface area contributed by atoms with Crippen LogP contribution in [-0.4, -0.2) is 30.4 Å². The fraction of sp³-hybridized carbons (Fsp3) is 0.500. The maximum absolute atomic E-state index is 13.8. The van der Waals surface area contributed by atoms with Gasteiger partial charge in [0.05, 0.1) is 5.69 Å². The van der Waals surface area contributed by atoms with Crippen LogP contribution in [0.2, 0.25) is 0 Å². The van der Waals surface area contributed by atoms with Gasteiger partial charge in [-0.15, -0.1) is 0 Å². The van der Waals surface area contributed by atoms with Crippen LogP contribution in [-0.2, 0) is 4.79 Å². The summed E-state index contributed by atoms with van der Waals surface area (Å²) in [6.07, 6.45) is 4.72. The lowest BCUT2D eigenvalue weighted by Gasteiger charge is -2.21. The molecule has 22 heavy (non-hydrogen) atoms. The van der Waals surface area contributed by atoms with E-state index in [1.165, 1.54) is 38.0 Å². The van der Waals surface area contributed by atoms with Gasteiger partial charge in [-0.3, -0.25) is 4.79 Å². The first-order chi connectivity index (χ1) is 10.5. The Hall–Kier alpha value is -2.11. The molecule has 1 aliphatic carbocycles. The van der Waals surface area contributed by atoms with E-state index in [2.05, 4.69) is 10.6 Å². The molecule has 3 amide bonds. The molecule has 6 heteroatoms. The minimum Gasteiger partial charge on any atom is -0.327 e. The van der Waals surface area contributed by atoms with Crippen molar-refractivity contribution in [1.29, 1.82) is 0 Å². The zero-order valence-corrected chi connectivity index (χ0v) is 13.0. The van der Waals surface area contributed by atoms with E-state index >= 15 is 0 Å². The Morgan fingerprint density at radius 1 is 1.27 bits per heavy atom. The van der Waals surface area contributed by atoms with Crippen molar-refractivity contribution < 1.29 is 14.0 Å². The molecule has 0 heterocycles. The molecule has 1 aliphatic rings. The lowest BCUT2D eigenvalue weighted by atomic mass is 10.1. The van der Waals surface area contributed by atoms with Crippen LogP contribution in [0.1, 0.15) is 32.6 Å². The number of hydrogen-bond donors (Lipinski definition) is 2. The van der Waals surface area contributed by atoms with Gasteiger partial charge in [-0.1, -0.05) is 12.8 Å². The molecule has 1 fully saturated rings. The lowest BCUT2D eigenvalue weighted by Crippen LogP contribution is -2.35. The quantitative estimate of drug-likeness (QED) is 0.895. The van der Waals surface area contributed by atoms with E-state index in [1.54, 1.807) is 11.9 Å². The van der Waals surface area contributed by atoms with E-state index in [4.69, 9.17) is 0 Å². The standard InChI is InChI=1S/C16H22FN3O2/c1-11(21)18-13-7-8-14(17)15(9-13)19-16(22)20(2)10-12-5-3-4-6-12/h7-9,12H,3-6,10H2,1-2H3,(H,18,21)(H,19,22). The molecular formula is C16H22FN3O2. The third kappa shape index (κ3) is 4.44. The minimum atomic E-state index is -0.531. The molecule has 120 valence electrons. The van der Waals surface area contributed by atoms with Gasteiger partial charge in [0.15, 0.2) is 0 Å². The highest BCUT2D eigenvalue weighted by atomic mass is 19.1. The Morgan fingerprint density at radius 2 is 1.95 bits per heavy atom. The van der Waals surface area contributed by atoms with Gasteiger partial charge in [-0.2, -0.15) is 0 Å². The summed E-state index contributed by atoms with van der Waals surface area (Å²) >= 11 is 0. The number of benzene rings is 1. The van der Waals surface area contributed by atoms with Gasteiger partial charge in [0, 0.05) is 26.2 Å². The number of hydrogen-bond acceptors (Lipinski definition) is 2. The predicted octanol–water partition coefficient (Wildman–Crippen LogP) is 3.44. The molecule has 0 bridgehead atoms. The average molecular weight is 307 g/mol. The molecular weight excluding hydrogens is 285 g/mol. The van der Waals surface area contributed by atoms with Gasteiger partial charge in [-0.25, -0.2) is 9.18 Å². The average Bonchev–Trinajstić information content (AvgIpc) is 2.94. The van der Waals surface area contributed by atoms with Crippen molar-refractivity contribution in [2.24, 2.45) is 5.92 Å². The smallest absolute Gasteiger partial charge is 0.321 e. The van der Waals surface area contributed by atoms with Crippen molar-refractivity contribution in [3.05, 3.63) is 24.0 Å². The van der Waals surface area contributed by atoms with E-state index in [0.717, 1.165) is 12.8 Å². The Labute approximate surface area is 129 Å². The molecule has 0 radical (unpaired) electrons. The zero-order valence-electron chi connectivity index (χ0n) is 13.0. The number of anilines is 2. The Kier molecular flexibility index (Phi) is 5.35. The van der Waals surface area contributed by atoms with Gasteiger partial charge >= 0.3 is 6.03 Å². The van der Waals surface area contributed by atoms with E-state index < -0.39 is 5.82 Å². The number of amides is 3. The minimum absolute atomic E-state index is 0.0644. The van der Waals surface area contributed by atoms with Crippen molar-refractivity contribution in [2.45, 2.75) is 32.6 Å². The Morgan fingerprint density at radius 3 is 2.59 bits per heavy atom. The number of urea groups is 1. The number of halogens is 1. The van der Waals surface area contributed by atoms with Crippen molar-refractivity contribution in [3.63, 3.8) is 0 Å². The number of nitrogens with zero attached hydrogens (tertiary/aromatic N) is 1. The summed E-state index contributed by atoms with van der Waals surface area (Å²) in [4.78, 5) is 24.8. The monoisotopic (exact) mass is 307 g/mol. The second-order valence-electron chi connectivity index (χ2n) is 5.84. The van der Waals surface area contributed by atoms with E-state index in [-0.39, 0.29) is 17.6 Å². The fourth-order valence-corrected chi connectivity index (χ4v) is 2.78. The maximum atomic E-state index is 13.8. The summed E-state index contributed by atoms with van der Waals surface area (Å²) in [7, 11) is 1.71. The van der Waals surface area contributed by atoms with Crippen LogP contribution in [0.25, 0.3) is 0 Å². The highest BCUT2D eigenvalue weighted by molar-refractivity contribution is 5.92. The molecule has 0 aromatic heterocycles. The van der Waals surface area contributed by atoms with Crippen molar-refractivity contribution in [1.82, 2.24) is 4.90 Å².